The minimum Gasteiger partial charge on any atom is -0.357 e. The molecule has 1 atom stereocenters. The third-order valence-corrected chi connectivity index (χ3v) is 4.63. The number of hydrogen-bond donors (Lipinski definition) is 1. The molecule has 25 heavy (non-hydrogen) atoms. The molecular formula is C18H28IN5S. The van der Waals surface area contributed by atoms with Crippen molar-refractivity contribution in [2.45, 2.75) is 25.6 Å². The van der Waals surface area contributed by atoms with E-state index in [1.165, 1.54) is 0 Å². The van der Waals surface area contributed by atoms with E-state index in [0.29, 0.717) is 5.25 Å². The second-order valence-electron chi connectivity index (χ2n) is 5.73. The van der Waals surface area contributed by atoms with Crippen LogP contribution in [0.2, 0.25) is 0 Å². The van der Waals surface area contributed by atoms with Gasteiger partial charge in [-0.15, -0.1) is 24.0 Å². The van der Waals surface area contributed by atoms with Crippen molar-refractivity contribution in [1.82, 2.24) is 20.0 Å². The molecule has 1 N–H and O–H groups in total. The van der Waals surface area contributed by atoms with Crippen molar-refractivity contribution in [3.63, 3.8) is 0 Å². The van der Waals surface area contributed by atoms with Gasteiger partial charge in [0.2, 0.25) is 0 Å². The zero-order valence-corrected chi connectivity index (χ0v) is 18.5. The van der Waals surface area contributed by atoms with Crippen LogP contribution in [0.25, 0.3) is 5.69 Å². The lowest BCUT2D eigenvalue weighted by molar-refractivity contribution is 0.477. The standard InChI is InChI=1S/C18H27N5S.HI/c1-5-19-18(20-11-15(2)24-4)22(3)13-16-12-21-23(14-16)17-9-7-6-8-10-17;/h6-10,12,14-15H,5,11,13H2,1-4H3,(H,19,20);1H. The topological polar surface area (TPSA) is 45.5 Å². The van der Waals surface area contributed by atoms with E-state index in [1.54, 1.807) is 0 Å². The van der Waals surface area contributed by atoms with Crippen molar-refractivity contribution >= 4 is 41.7 Å². The quantitative estimate of drug-likeness (QED) is 0.379. The van der Waals surface area contributed by atoms with Crippen LogP contribution in [0.3, 0.4) is 0 Å². The van der Waals surface area contributed by atoms with Gasteiger partial charge in [0.05, 0.1) is 18.4 Å². The van der Waals surface area contributed by atoms with E-state index in [1.807, 2.05) is 40.8 Å². The summed E-state index contributed by atoms with van der Waals surface area (Å²) < 4.78 is 1.91. The summed E-state index contributed by atoms with van der Waals surface area (Å²) >= 11 is 1.83. The number of rotatable bonds is 7. The first-order chi connectivity index (χ1) is 11.6. The van der Waals surface area contributed by atoms with Crippen LogP contribution in [0.4, 0.5) is 0 Å². The Kier molecular flexibility index (Phi) is 9.96. The largest absolute Gasteiger partial charge is 0.357 e. The summed E-state index contributed by atoms with van der Waals surface area (Å²) in [6.45, 7) is 6.74. The molecule has 0 saturated carbocycles. The van der Waals surface area contributed by atoms with Crippen molar-refractivity contribution in [1.29, 1.82) is 0 Å². The highest BCUT2D eigenvalue weighted by Gasteiger charge is 2.09. The van der Waals surface area contributed by atoms with Gasteiger partial charge in [-0.25, -0.2) is 4.68 Å². The normalized spacial score (nSPS) is 12.4. The lowest BCUT2D eigenvalue weighted by Crippen LogP contribution is -2.38. The van der Waals surface area contributed by atoms with Gasteiger partial charge in [-0.2, -0.15) is 16.9 Å². The van der Waals surface area contributed by atoms with Crippen LogP contribution >= 0.6 is 35.7 Å². The molecule has 0 aliphatic heterocycles. The molecule has 1 aromatic heterocycles. The summed E-state index contributed by atoms with van der Waals surface area (Å²) in [5.74, 6) is 0.936. The predicted octanol–water partition coefficient (Wildman–Crippen LogP) is 3.64. The third kappa shape index (κ3) is 6.89. The molecule has 7 heteroatoms. The van der Waals surface area contributed by atoms with Gasteiger partial charge < -0.3 is 10.2 Å². The summed E-state index contributed by atoms with van der Waals surface area (Å²) in [7, 11) is 2.06. The maximum atomic E-state index is 4.73. The molecule has 1 heterocycles. The highest BCUT2D eigenvalue weighted by Crippen LogP contribution is 2.10. The number of thioether (sulfide) groups is 1. The summed E-state index contributed by atoms with van der Waals surface area (Å²) in [6, 6.07) is 10.2. The van der Waals surface area contributed by atoms with Gasteiger partial charge >= 0.3 is 0 Å². The lowest BCUT2D eigenvalue weighted by atomic mass is 10.3. The van der Waals surface area contributed by atoms with Gasteiger partial charge in [0.25, 0.3) is 0 Å². The first kappa shape index (κ1) is 21.8. The van der Waals surface area contributed by atoms with E-state index in [9.17, 15) is 0 Å². The molecule has 0 saturated heterocycles. The Morgan fingerprint density at radius 2 is 2.08 bits per heavy atom. The second kappa shape index (κ2) is 11.4. The molecule has 1 aromatic carbocycles. The molecule has 0 amide bonds. The van der Waals surface area contributed by atoms with E-state index in [4.69, 9.17) is 4.99 Å². The fraction of sp³-hybridized carbons (Fsp3) is 0.444. The number of aromatic nitrogens is 2. The molecule has 0 fully saturated rings. The maximum Gasteiger partial charge on any atom is 0.193 e. The first-order valence-electron chi connectivity index (χ1n) is 8.25. The molecule has 0 radical (unpaired) electrons. The van der Waals surface area contributed by atoms with Gasteiger partial charge in [-0.1, -0.05) is 25.1 Å². The number of benzene rings is 1. The zero-order valence-electron chi connectivity index (χ0n) is 15.3. The fourth-order valence-corrected chi connectivity index (χ4v) is 2.50. The smallest absolute Gasteiger partial charge is 0.193 e. The van der Waals surface area contributed by atoms with Gasteiger partial charge in [0.15, 0.2) is 5.96 Å². The molecule has 0 aliphatic carbocycles. The fourth-order valence-electron chi connectivity index (χ4n) is 2.27. The van der Waals surface area contributed by atoms with Crippen LogP contribution in [0.15, 0.2) is 47.7 Å². The molecular weight excluding hydrogens is 445 g/mol. The van der Waals surface area contributed by atoms with Crippen LogP contribution in [0.1, 0.15) is 19.4 Å². The third-order valence-electron chi connectivity index (χ3n) is 3.67. The van der Waals surface area contributed by atoms with Crippen LogP contribution in [-0.2, 0) is 6.54 Å². The maximum absolute atomic E-state index is 4.73. The first-order valence-corrected chi connectivity index (χ1v) is 9.54. The predicted molar refractivity (Wildman–Crippen MR) is 119 cm³/mol. The number of para-hydroxylation sites is 1. The van der Waals surface area contributed by atoms with Gasteiger partial charge in [0, 0.05) is 37.1 Å². The minimum atomic E-state index is 0. The van der Waals surface area contributed by atoms with Crippen molar-refractivity contribution < 1.29 is 0 Å². The Labute approximate surface area is 172 Å². The van der Waals surface area contributed by atoms with E-state index >= 15 is 0 Å². The Balaban J connectivity index is 0.00000312. The Hall–Kier alpha value is -1.22. The molecule has 138 valence electrons. The molecule has 0 aliphatic rings. The Morgan fingerprint density at radius 1 is 1.36 bits per heavy atom. The van der Waals surface area contributed by atoms with Gasteiger partial charge in [-0.3, -0.25) is 4.99 Å². The lowest BCUT2D eigenvalue weighted by Gasteiger charge is -2.22. The van der Waals surface area contributed by atoms with Gasteiger partial charge in [0.1, 0.15) is 0 Å². The number of nitrogens with zero attached hydrogens (tertiary/aromatic N) is 4. The van der Waals surface area contributed by atoms with Gasteiger partial charge in [-0.05, 0) is 25.3 Å². The van der Waals surface area contributed by atoms with Crippen molar-refractivity contribution in [3.05, 3.63) is 48.3 Å². The second-order valence-corrected chi connectivity index (χ2v) is 7.00. The monoisotopic (exact) mass is 473 g/mol. The van der Waals surface area contributed by atoms with Crippen molar-refractivity contribution in [3.8, 4) is 5.69 Å². The molecule has 2 rings (SSSR count). The molecule has 5 nitrogen and oxygen atoms in total. The summed E-state index contributed by atoms with van der Waals surface area (Å²) in [5.41, 5.74) is 2.23. The highest BCUT2D eigenvalue weighted by atomic mass is 127. The van der Waals surface area contributed by atoms with Crippen molar-refractivity contribution in [2.75, 3.05) is 26.4 Å². The molecule has 2 aromatic rings. The number of nitrogens with one attached hydrogen (secondary N) is 1. The summed E-state index contributed by atoms with van der Waals surface area (Å²) in [6.07, 6.45) is 6.10. The van der Waals surface area contributed by atoms with E-state index < -0.39 is 0 Å². The molecule has 0 spiro atoms. The van der Waals surface area contributed by atoms with E-state index in [2.05, 4.69) is 60.8 Å². The Bertz CT molecular complexity index is 644. The minimum absolute atomic E-state index is 0. The van der Waals surface area contributed by atoms with E-state index in [-0.39, 0.29) is 24.0 Å². The molecule has 0 bridgehead atoms. The molecule has 1 unspecified atom stereocenters. The average Bonchev–Trinajstić information content (AvgIpc) is 3.07. The summed E-state index contributed by atoms with van der Waals surface area (Å²) in [4.78, 5) is 6.87. The number of aliphatic imine (C=N–C) groups is 1. The zero-order chi connectivity index (χ0) is 17.4. The number of hydrogen-bond acceptors (Lipinski definition) is 3. The van der Waals surface area contributed by atoms with Crippen LogP contribution in [0, 0.1) is 0 Å². The highest BCUT2D eigenvalue weighted by molar-refractivity contribution is 14.0. The van der Waals surface area contributed by atoms with E-state index in [0.717, 1.165) is 36.8 Å². The number of guanidine groups is 1. The van der Waals surface area contributed by atoms with Crippen LogP contribution < -0.4 is 5.32 Å². The van der Waals surface area contributed by atoms with Crippen molar-refractivity contribution in [2.24, 2.45) is 4.99 Å². The Morgan fingerprint density at radius 3 is 2.72 bits per heavy atom. The average molecular weight is 473 g/mol. The summed E-state index contributed by atoms with van der Waals surface area (Å²) in [5, 5.41) is 8.34. The number of halogens is 1. The van der Waals surface area contributed by atoms with Crippen LogP contribution in [0.5, 0.6) is 0 Å². The van der Waals surface area contributed by atoms with Crippen LogP contribution in [-0.4, -0.2) is 52.3 Å². The SMILES string of the molecule is CCNC(=NCC(C)SC)N(C)Cc1cnn(-c2ccccc2)c1.I.